The van der Waals surface area contributed by atoms with E-state index in [9.17, 15) is 14.9 Å². The van der Waals surface area contributed by atoms with Crippen LogP contribution >= 0.6 is 11.3 Å². The summed E-state index contributed by atoms with van der Waals surface area (Å²) in [6, 6.07) is 19.8. The second kappa shape index (κ2) is 8.24. The van der Waals surface area contributed by atoms with Gasteiger partial charge in [0.05, 0.1) is 22.0 Å². The monoisotopic (exact) mass is 456 g/mol. The van der Waals surface area contributed by atoms with Gasteiger partial charge >= 0.3 is 5.56 Å². The number of hydrogen-bond acceptors (Lipinski definition) is 7. The number of benzene rings is 3. The van der Waals surface area contributed by atoms with Crippen LogP contribution in [0.3, 0.4) is 0 Å². The number of non-ortho nitro benzene ring substituents is 1. The van der Waals surface area contributed by atoms with E-state index >= 15 is 0 Å². The van der Waals surface area contributed by atoms with E-state index in [1.54, 1.807) is 24.4 Å². The Labute approximate surface area is 190 Å². The number of aromatic nitrogens is 3. The van der Waals surface area contributed by atoms with Gasteiger partial charge in [0.2, 0.25) is 5.13 Å². The number of rotatable bonds is 5. The molecule has 0 amide bonds. The molecule has 0 bridgehead atoms. The molecule has 0 aliphatic carbocycles. The lowest BCUT2D eigenvalue weighted by atomic mass is 10.1. The predicted octanol–water partition coefficient (Wildman–Crippen LogP) is 6.07. The number of H-pyrrole nitrogens is 1. The Hall–Kier alpha value is -4.44. The number of fused-ring (bicyclic) bond motifs is 1. The van der Waals surface area contributed by atoms with Gasteiger partial charge in [0.25, 0.3) is 5.69 Å². The summed E-state index contributed by atoms with van der Waals surface area (Å²) in [5, 5.41) is 26.7. The molecule has 0 radical (unpaired) electrons. The Morgan fingerprint density at radius 1 is 1.03 bits per heavy atom. The lowest BCUT2D eigenvalue weighted by Gasteiger charge is -1.97. The molecule has 0 fully saturated rings. The lowest BCUT2D eigenvalue weighted by molar-refractivity contribution is -0.384. The quantitative estimate of drug-likeness (QED) is 0.196. The number of nitrogens with one attached hydrogen (secondary N) is 1. The fourth-order valence-corrected chi connectivity index (χ4v) is 4.21. The van der Waals surface area contributed by atoms with Crippen LogP contribution in [0.15, 0.2) is 87.1 Å². The zero-order valence-electron chi connectivity index (χ0n) is 17.3. The number of nitrogens with zero attached hydrogens (tertiary/aromatic N) is 5. The van der Waals surface area contributed by atoms with Crippen LogP contribution < -0.4 is 5.56 Å². The first-order chi connectivity index (χ1) is 16.0. The van der Waals surface area contributed by atoms with Gasteiger partial charge in [-0.3, -0.25) is 20.0 Å². The zero-order chi connectivity index (χ0) is 22.9. The summed E-state index contributed by atoms with van der Waals surface area (Å²) in [5.41, 5.74) is 2.12. The molecule has 1 N–H and O–H groups in total. The number of hydrogen-bond donors (Lipinski definition) is 1. The first kappa shape index (κ1) is 20.5. The molecule has 33 heavy (non-hydrogen) atoms. The number of aryl methyl sites for hydroxylation is 1. The third kappa shape index (κ3) is 3.94. The SMILES string of the molecule is Cc1[nH]n(-c2nc(-c3cccc([N+](=O)[O-])c3)cs2)c(=O)c1N=Nc1ccc2ccccc2c1. The highest BCUT2D eigenvalue weighted by molar-refractivity contribution is 7.12. The van der Waals surface area contributed by atoms with Gasteiger partial charge in [0, 0.05) is 23.1 Å². The largest absolute Gasteiger partial charge is 0.301 e. The van der Waals surface area contributed by atoms with Crippen molar-refractivity contribution in [1.29, 1.82) is 0 Å². The van der Waals surface area contributed by atoms with Crippen molar-refractivity contribution < 1.29 is 4.92 Å². The van der Waals surface area contributed by atoms with Gasteiger partial charge in [-0.25, -0.2) is 4.98 Å². The maximum absolute atomic E-state index is 13.0. The van der Waals surface area contributed by atoms with Gasteiger partial charge in [0.1, 0.15) is 0 Å². The Morgan fingerprint density at radius 3 is 2.67 bits per heavy atom. The van der Waals surface area contributed by atoms with Crippen molar-refractivity contribution in [2.75, 3.05) is 0 Å². The molecule has 0 saturated heterocycles. The van der Waals surface area contributed by atoms with Crippen LogP contribution in [0.25, 0.3) is 27.2 Å². The third-order valence-electron chi connectivity index (χ3n) is 5.07. The van der Waals surface area contributed by atoms with Gasteiger partial charge in [-0.2, -0.15) is 9.80 Å². The second-order valence-corrected chi connectivity index (χ2v) is 8.12. The van der Waals surface area contributed by atoms with Crippen molar-refractivity contribution in [3.63, 3.8) is 0 Å². The molecule has 162 valence electrons. The normalized spacial score (nSPS) is 11.4. The van der Waals surface area contributed by atoms with Crippen LogP contribution in [-0.4, -0.2) is 19.7 Å². The van der Waals surface area contributed by atoms with Crippen LogP contribution in [0.4, 0.5) is 17.1 Å². The number of nitro groups is 1. The molecule has 3 aromatic carbocycles. The molecule has 0 atom stereocenters. The standard InChI is InChI=1S/C23H16N6O3S/c1-14-21(26-25-18-10-9-15-5-2-3-6-16(15)11-18)22(30)28(27-14)23-24-20(13-33-23)17-7-4-8-19(12-17)29(31)32/h2-13,27H,1H3. The minimum Gasteiger partial charge on any atom is -0.291 e. The van der Waals surface area contributed by atoms with E-state index in [1.807, 2.05) is 42.5 Å². The fraction of sp³-hybridized carbons (Fsp3) is 0.0435. The van der Waals surface area contributed by atoms with Crippen molar-refractivity contribution in [3.05, 3.63) is 98.3 Å². The Kier molecular flexibility index (Phi) is 5.11. The van der Waals surface area contributed by atoms with Crippen LogP contribution in [0.2, 0.25) is 0 Å². The summed E-state index contributed by atoms with van der Waals surface area (Å²) in [6.07, 6.45) is 0. The molecule has 2 aromatic heterocycles. The lowest BCUT2D eigenvalue weighted by Crippen LogP contribution is -2.13. The average molecular weight is 456 g/mol. The van der Waals surface area contributed by atoms with Gasteiger partial charge in [-0.1, -0.05) is 42.5 Å². The van der Waals surface area contributed by atoms with E-state index in [0.29, 0.717) is 27.8 Å². The molecular weight excluding hydrogens is 440 g/mol. The first-order valence-electron chi connectivity index (χ1n) is 9.92. The summed E-state index contributed by atoms with van der Waals surface area (Å²) < 4.78 is 1.30. The van der Waals surface area contributed by atoms with Gasteiger partial charge in [-0.15, -0.1) is 16.5 Å². The third-order valence-corrected chi connectivity index (χ3v) is 5.90. The maximum atomic E-state index is 13.0. The second-order valence-electron chi connectivity index (χ2n) is 7.28. The molecule has 0 aliphatic heterocycles. The number of azo groups is 1. The predicted molar refractivity (Wildman–Crippen MR) is 127 cm³/mol. The van der Waals surface area contributed by atoms with Crippen LogP contribution in [-0.2, 0) is 0 Å². The summed E-state index contributed by atoms with van der Waals surface area (Å²) in [4.78, 5) is 28.0. The molecule has 0 spiro atoms. The average Bonchev–Trinajstić information content (AvgIpc) is 3.42. The Balaban J connectivity index is 1.46. The van der Waals surface area contributed by atoms with E-state index in [0.717, 1.165) is 10.8 Å². The summed E-state index contributed by atoms with van der Waals surface area (Å²) in [7, 11) is 0. The van der Waals surface area contributed by atoms with Crippen molar-refractivity contribution in [2.45, 2.75) is 6.92 Å². The van der Waals surface area contributed by atoms with Gasteiger partial charge in [0.15, 0.2) is 5.69 Å². The first-order valence-corrected chi connectivity index (χ1v) is 10.8. The topological polar surface area (TPSA) is 119 Å². The number of nitro benzene ring substituents is 1. The Morgan fingerprint density at radius 2 is 1.85 bits per heavy atom. The van der Waals surface area contributed by atoms with Crippen molar-refractivity contribution in [2.24, 2.45) is 10.2 Å². The molecule has 0 unspecified atom stereocenters. The van der Waals surface area contributed by atoms with Crippen LogP contribution in [0.1, 0.15) is 5.69 Å². The minimum atomic E-state index is -0.456. The smallest absolute Gasteiger partial charge is 0.291 e. The molecule has 5 aromatic rings. The molecule has 0 saturated carbocycles. The molecule has 9 nitrogen and oxygen atoms in total. The highest BCUT2D eigenvalue weighted by atomic mass is 32.1. The van der Waals surface area contributed by atoms with Gasteiger partial charge in [-0.05, 0) is 29.8 Å². The van der Waals surface area contributed by atoms with Crippen LogP contribution in [0.5, 0.6) is 0 Å². The van der Waals surface area contributed by atoms with E-state index in [-0.39, 0.29) is 16.9 Å². The zero-order valence-corrected chi connectivity index (χ0v) is 18.1. The summed E-state index contributed by atoms with van der Waals surface area (Å²) >= 11 is 1.24. The maximum Gasteiger partial charge on any atom is 0.301 e. The van der Waals surface area contributed by atoms with E-state index in [2.05, 4.69) is 20.3 Å². The minimum absolute atomic E-state index is 0.0219. The van der Waals surface area contributed by atoms with E-state index < -0.39 is 4.92 Å². The summed E-state index contributed by atoms with van der Waals surface area (Å²) in [5.74, 6) is 0. The van der Waals surface area contributed by atoms with E-state index in [4.69, 9.17) is 0 Å². The van der Waals surface area contributed by atoms with Crippen molar-refractivity contribution >= 4 is 39.2 Å². The Bertz CT molecular complexity index is 1600. The highest BCUT2D eigenvalue weighted by Gasteiger charge is 2.16. The summed E-state index contributed by atoms with van der Waals surface area (Å²) in [6.45, 7) is 1.74. The van der Waals surface area contributed by atoms with Crippen molar-refractivity contribution in [1.82, 2.24) is 14.8 Å². The fourth-order valence-electron chi connectivity index (χ4n) is 3.42. The highest BCUT2D eigenvalue weighted by Crippen LogP contribution is 2.27. The molecule has 0 aliphatic rings. The number of thiazole rings is 1. The van der Waals surface area contributed by atoms with Gasteiger partial charge < -0.3 is 0 Å². The molecule has 10 heteroatoms. The van der Waals surface area contributed by atoms with E-state index in [1.165, 1.54) is 28.2 Å². The molecule has 5 rings (SSSR count). The number of aromatic amines is 1. The van der Waals surface area contributed by atoms with Crippen molar-refractivity contribution in [3.8, 4) is 16.4 Å². The van der Waals surface area contributed by atoms with Crippen LogP contribution in [0, 0.1) is 17.0 Å². The molecule has 2 heterocycles. The molecular formula is C23H16N6O3S.